The molecule has 0 amide bonds. The lowest BCUT2D eigenvalue weighted by Gasteiger charge is -2.14. The third-order valence-electron chi connectivity index (χ3n) is 3.86. The molecule has 0 radical (unpaired) electrons. The fraction of sp³-hybridized carbons (Fsp3) is 0.211. The molecule has 128 valence electrons. The van der Waals surface area contributed by atoms with E-state index < -0.39 is 17.5 Å². The van der Waals surface area contributed by atoms with Crippen LogP contribution in [0.1, 0.15) is 18.1 Å². The summed E-state index contributed by atoms with van der Waals surface area (Å²) in [6.45, 7) is 1.45. The number of methoxy groups -OCH3 is 1. The first-order valence-corrected chi connectivity index (χ1v) is 7.70. The Morgan fingerprint density at radius 2 is 1.80 bits per heavy atom. The highest BCUT2D eigenvalue weighted by Crippen LogP contribution is 2.26. The average Bonchev–Trinajstić information content (AvgIpc) is 2.97. The molecule has 1 unspecified atom stereocenters. The highest BCUT2D eigenvalue weighted by atomic mass is 16.6. The van der Waals surface area contributed by atoms with Crippen molar-refractivity contribution >= 4 is 17.8 Å². The predicted octanol–water partition coefficient (Wildman–Crippen LogP) is 2.50. The first-order chi connectivity index (χ1) is 12.0. The van der Waals surface area contributed by atoms with Gasteiger partial charge in [-0.05, 0) is 36.8 Å². The van der Waals surface area contributed by atoms with Gasteiger partial charge in [0.05, 0.1) is 7.11 Å². The second-order valence-electron chi connectivity index (χ2n) is 5.67. The molecule has 1 heterocycles. The van der Waals surface area contributed by atoms with E-state index in [1.807, 2.05) is 30.3 Å². The lowest BCUT2D eigenvalue weighted by atomic mass is 10.1. The number of nitrogens with zero attached hydrogens (tertiary/aromatic N) is 1. The van der Waals surface area contributed by atoms with Crippen LogP contribution in [0.3, 0.4) is 0 Å². The van der Waals surface area contributed by atoms with E-state index in [9.17, 15) is 9.59 Å². The van der Waals surface area contributed by atoms with E-state index in [2.05, 4.69) is 4.99 Å². The van der Waals surface area contributed by atoms with Crippen molar-refractivity contribution in [3.63, 3.8) is 0 Å². The van der Waals surface area contributed by atoms with E-state index >= 15 is 0 Å². The highest BCUT2D eigenvalue weighted by Gasteiger charge is 2.50. The minimum atomic E-state index is -1.70. The number of ether oxygens (including phenoxy) is 3. The average molecular weight is 339 g/mol. The number of hydrogen-bond donors (Lipinski definition) is 0. The number of hydrogen-bond acceptors (Lipinski definition) is 6. The topological polar surface area (TPSA) is 74.2 Å². The van der Waals surface area contributed by atoms with E-state index in [4.69, 9.17) is 14.2 Å². The Bertz CT molecular complexity index is 813. The molecule has 2 aromatic carbocycles. The summed E-state index contributed by atoms with van der Waals surface area (Å²) in [5.41, 5.74) is -0.303. The molecule has 1 atom stereocenters. The second-order valence-corrected chi connectivity index (χ2v) is 5.67. The van der Waals surface area contributed by atoms with Crippen LogP contribution in [0.15, 0.2) is 59.6 Å². The van der Waals surface area contributed by atoms with Gasteiger partial charge in [-0.3, -0.25) is 0 Å². The number of rotatable bonds is 5. The van der Waals surface area contributed by atoms with E-state index in [-0.39, 0.29) is 12.5 Å². The Hall–Kier alpha value is -3.15. The molecule has 6 nitrogen and oxygen atoms in total. The van der Waals surface area contributed by atoms with Gasteiger partial charge in [0.1, 0.15) is 12.4 Å². The largest absolute Gasteiger partial charge is 0.497 e. The summed E-state index contributed by atoms with van der Waals surface area (Å²) in [4.78, 5) is 28.7. The maximum atomic E-state index is 12.4. The van der Waals surface area contributed by atoms with E-state index in [0.717, 1.165) is 5.56 Å². The van der Waals surface area contributed by atoms with Crippen LogP contribution in [0, 0.1) is 0 Å². The van der Waals surface area contributed by atoms with Gasteiger partial charge >= 0.3 is 11.9 Å². The zero-order chi connectivity index (χ0) is 17.9. The molecule has 0 saturated heterocycles. The standard InChI is InChI=1S/C19H17NO5/c1-19(17(21)24-12-13-6-4-3-5-7-13)18(22)25-16(20-19)14-8-10-15(23-2)11-9-14/h3-11H,12H2,1-2H3. The molecule has 0 N–H and O–H groups in total. The molecule has 0 fully saturated rings. The summed E-state index contributed by atoms with van der Waals surface area (Å²) in [6.07, 6.45) is 0. The predicted molar refractivity (Wildman–Crippen MR) is 90.3 cm³/mol. The van der Waals surface area contributed by atoms with Gasteiger partial charge in [0.15, 0.2) is 0 Å². The van der Waals surface area contributed by atoms with Gasteiger partial charge in [0.25, 0.3) is 5.54 Å². The van der Waals surface area contributed by atoms with Crippen LogP contribution in [0.5, 0.6) is 5.75 Å². The van der Waals surface area contributed by atoms with Crippen LogP contribution in [0.4, 0.5) is 0 Å². The minimum Gasteiger partial charge on any atom is -0.497 e. The number of cyclic esters (lactones) is 1. The summed E-state index contributed by atoms with van der Waals surface area (Å²) in [7, 11) is 1.56. The summed E-state index contributed by atoms with van der Waals surface area (Å²) in [6, 6.07) is 16.0. The van der Waals surface area contributed by atoms with Gasteiger partial charge < -0.3 is 14.2 Å². The highest BCUT2D eigenvalue weighted by molar-refractivity contribution is 6.16. The first kappa shape index (κ1) is 16.7. The summed E-state index contributed by atoms with van der Waals surface area (Å²) in [5, 5.41) is 0. The molecule has 1 aliphatic heterocycles. The Labute approximate surface area is 145 Å². The quantitative estimate of drug-likeness (QED) is 0.618. The van der Waals surface area contributed by atoms with Crippen LogP contribution >= 0.6 is 0 Å². The van der Waals surface area contributed by atoms with E-state index in [0.29, 0.717) is 11.3 Å². The van der Waals surface area contributed by atoms with Crippen molar-refractivity contribution in [2.24, 2.45) is 4.99 Å². The van der Waals surface area contributed by atoms with Crippen molar-refractivity contribution in [2.45, 2.75) is 19.1 Å². The first-order valence-electron chi connectivity index (χ1n) is 7.70. The summed E-state index contributed by atoms with van der Waals surface area (Å²) >= 11 is 0. The van der Waals surface area contributed by atoms with Crippen LogP contribution in [0.25, 0.3) is 0 Å². The number of esters is 2. The Kier molecular flexibility index (Phi) is 4.52. The van der Waals surface area contributed by atoms with Gasteiger partial charge in [-0.1, -0.05) is 30.3 Å². The van der Waals surface area contributed by atoms with Gasteiger partial charge in [-0.25, -0.2) is 14.6 Å². The molecule has 1 aliphatic rings. The molecule has 2 aromatic rings. The molecular formula is C19H17NO5. The third kappa shape index (κ3) is 3.38. The smallest absolute Gasteiger partial charge is 0.352 e. The normalized spacial score (nSPS) is 19.1. The van der Waals surface area contributed by atoms with Crippen molar-refractivity contribution in [3.05, 3.63) is 65.7 Å². The molecule has 0 spiro atoms. The number of aliphatic imine (C=N–C) groups is 1. The molecule has 0 saturated carbocycles. The number of carbonyl (C=O) groups is 2. The van der Waals surface area contributed by atoms with Crippen molar-refractivity contribution in [3.8, 4) is 5.75 Å². The van der Waals surface area contributed by atoms with Gasteiger partial charge in [-0.2, -0.15) is 0 Å². The maximum absolute atomic E-state index is 12.4. The van der Waals surface area contributed by atoms with Crippen LogP contribution < -0.4 is 4.74 Å². The molecule has 25 heavy (non-hydrogen) atoms. The Morgan fingerprint density at radius 1 is 1.12 bits per heavy atom. The van der Waals surface area contributed by atoms with Crippen molar-refractivity contribution in [1.29, 1.82) is 0 Å². The lowest BCUT2D eigenvalue weighted by molar-refractivity contribution is -0.158. The molecule has 0 bridgehead atoms. The SMILES string of the molecule is COc1ccc(C2=NC(C)(C(=O)OCc3ccccc3)C(=O)O2)cc1. The number of benzene rings is 2. The van der Waals surface area contributed by atoms with E-state index in [1.165, 1.54) is 6.92 Å². The van der Waals surface area contributed by atoms with Crippen molar-refractivity contribution in [2.75, 3.05) is 7.11 Å². The molecule has 3 rings (SSSR count). The Balaban J connectivity index is 1.75. The second kappa shape index (κ2) is 6.76. The maximum Gasteiger partial charge on any atom is 0.352 e. The molecule has 0 aliphatic carbocycles. The fourth-order valence-electron chi connectivity index (χ4n) is 2.31. The van der Waals surface area contributed by atoms with Crippen molar-refractivity contribution in [1.82, 2.24) is 0 Å². The monoisotopic (exact) mass is 339 g/mol. The van der Waals surface area contributed by atoms with Gasteiger partial charge in [0, 0.05) is 5.56 Å². The van der Waals surface area contributed by atoms with Crippen LogP contribution in [-0.4, -0.2) is 30.5 Å². The third-order valence-corrected chi connectivity index (χ3v) is 3.86. The molecular weight excluding hydrogens is 322 g/mol. The van der Waals surface area contributed by atoms with E-state index in [1.54, 1.807) is 31.4 Å². The lowest BCUT2D eigenvalue weighted by Crippen LogP contribution is -2.40. The Morgan fingerprint density at radius 3 is 2.44 bits per heavy atom. The zero-order valence-electron chi connectivity index (χ0n) is 13.9. The van der Waals surface area contributed by atoms with Crippen LogP contribution in [-0.2, 0) is 25.7 Å². The van der Waals surface area contributed by atoms with Gasteiger partial charge in [0.2, 0.25) is 5.90 Å². The number of carbonyl (C=O) groups excluding carboxylic acids is 2. The van der Waals surface area contributed by atoms with Crippen LogP contribution in [0.2, 0.25) is 0 Å². The van der Waals surface area contributed by atoms with Gasteiger partial charge in [-0.15, -0.1) is 0 Å². The fourth-order valence-corrected chi connectivity index (χ4v) is 2.31. The summed E-state index contributed by atoms with van der Waals surface area (Å²) in [5.74, 6) is -0.744. The molecule has 0 aromatic heterocycles. The van der Waals surface area contributed by atoms with Crippen molar-refractivity contribution < 1.29 is 23.8 Å². The zero-order valence-corrected chi connectivity index (χ0v) is 13.9. The summed E-state index contributed by atoms with van der Waals surface area (Å²) < 4.78 is 15.5. The minimum absolute atomic E-state index is 0.0654. The molecule has 6 heteroatoms.